The summed E-state index contributed by atoms with van der Waals surface area (Å²) >= 11 is 0. The Bertz CT molecular complexity index is 674. The highest BCUT2D eigenvalue weighted by Crippen LogP contribution is 2.38. The minimum absolute atomic E-state index is 0.210. The van der Waals surface area contributed by atoms with E-state index in [9.17, 15) is 31.0 Å². The van der Waals surface area contributed by atoms with E-state index in [0.29, 0.717) is 0 Å². The van der Waals surface area contributed by atoms with E-state index in [1.165, 1.54) is 27.7 Å². The normalized spacial score (nSPS) is 13.4. The minimum Gasteiger partial charge on any atom is -0.462 e. The van der Waals surface area contributed by atoms with Gasteiger partial charge in [-0.05, 0) is 18.9 Å². The first-order chi connectivity index (χ1) is 11.5. The first-order valence-corrected chi connectivity index (χ1v) is 8.68. The molecule has 1 heterocycles. The van der Waals surface area contributed by atoms with Gasteiger partial charge in [-0.25, -0.2) is 18.6 Å². The van der Waals surface area contributed by atoms with Crippen molar-refractivity contribution < 1.29 is 35.7 Å². The van der Waals surface area contributed by atoms with E-state index >= 15 is 0 Å². The van der Waals surface area contributed by atoms with Crippen LogP contribution in [0.25, 0.3) is 0 Å². The predicted octanol–water partition coefficient (Wildman–Crippen LogP) is 4.29. The second-order valence-electron chi connectivity index (χ2n) is 5.25. The summed E-state index contributed by atoms with van der Waals surface area (Å²) < 4.78 is 83.7. The summed E-state index contributed by atoms with van der Waals surface area (Å²) in [5.41, 5.74) is -4.29. The maximum atomic E-state index is 13.3. The van der Waals surface area contributed by atoms with Crippen LogP contribution in [0, 0.1) is 0 Å². The second kappa shape index (κ2) is 8.20. The van der Waals surface area contributed by atoms with Crippen LogP contribution in [0.5, 0.6) is 0 Å². The van der Waals surface area contributed by atoms with E-state index in [1.807, 2.05) is 0 Å². The predicted molar refractivity (Wildman–Crippen MR) is 81.1 cm³/mol. The fourth-order valence-electron chi connectivity index (χ4n) is 2.21. The molecule has 0 amide bonds. The monoisotopic (exact) mass is 387 g/mol. The topological polar surface area (TPSA) is 56.3 Å². The summed E-state index contributed by atoms with van der Waals surface area (Å²) in [7, 11) is -2.06. The Kier molecular flexibility index (Phi) is 7.04. The molecule has 1 aromatic rings. The quantitative estimate of drug-likeness (QED) is 0.540. The standard InChI is InChI=1S/C15H18F5NO3S/c1-5-8-9(14(22)24-6-2)12(15(18,19)20)21-10(13(16)17)11(8)25(23)7(3)4/h7,13H,5-6H2,1-4H3. The maximum absolute atomic E-state index is 13.3. The number of alkyl halides is 5. The van der Waals surface area contributed by atoms with Gasteiger partial charge in [0.1, 0.15) is 5.69 Å². The zero-order chi connectivity index (χ0) is 19.5. The third-order valence-corrected chi connectivity index (χ3v) is 4.93. The van der Waals surface area contributed by atoms with Crippen LogP contribution in [0.3, 0.4) is 0 Å². The number of nitrogens with zero attached hydrogens (tertiary/aromatic N) is 1. The van der Waals surface area contributed by atoms with Crippen molar-refractivity contribution in [2.45, 2.75) is 56.9 Å². The molecule has 10 heteroatoms. The van der Waals surface area contributed by atoms with Gasteiger partial charge in [-0.15, -0.1) is 0 Å². The number of rotatable bonds is 6. The van der Waals surface area contributed by atoms with E-state index in [2.05, 4.69) is 9.72 Å². The molecular weight excluding hydrogens is 369 g/mol. The Hall–Kier alpha value is -1.58. The zero-order valence-corrected chi connectivity index (χ0v) is 14.9. The lowest BCUT2D eigenvalue weighted by Gasteiger charge is -2.21. The van der Waals surface area contributed by atoms with Gasteiger partial charge in [0, 0.05) is 5.25 Å². The molecule has 1 aromatic heterocycles. The van der Waals surface area contributed by atoms with Gasteiger partial charge in [-0.2, -0.15) is 13.2 Å². The van der Waals surface area contributed by atoms with Gasteiger partial charge in [-0.3, -0.25) is 4.21 Å². The highest BCUT2D eigenvalue weighted by Gasteiger charge is 2.42. The molecule has 25 heavy (non-hydrogen) atoms. The van der Waals surface area contributed by atoms with Crippen molar-refractivity contribution in [3.8, 4) is 0 Å². The molecule has 1 unspecified atom stereocenters. The Morgan fingerprint density at radius 3 is 2.16 bits per heavy atom. The van der Waals surface area contributed by atoms with Crippen molar-refractivity contribution in [1.82, 2.24) is 4.98 Å². The molecule has 0 saturated carbocycles. The molecule has 1 atom stereocenters. The number of hydrogen-bond donors (Lipinski definition) is 0. The van der Waals surface area contributed by atoms with Crippen molar-refractivity contribution in [2.24, 2.45) is 0 Å². The average molecular weight is 387 g/mol. The van der Waals surface area contributed by atoms with Gasteiger partial charge < -0.3 is 4.74 Å². The fraction of sp³-hybridized carbons (Fsp3) is 0.600. The summed E-state index contributed by atoms with van der Waals surface area (Å²) in [4.78, 5) is 14.5. The number of carbonyl (C=O) groups is 1. The second-order valence-corrected chi connectivity index (χ2v) is 7.19. The molecule has 142 valence electrons. The number of pyridine rings is 1. The highest BCUT2D eigenvalue weighted by atomic mass is 32.2. The Labute approximate surface area is 144 Å². The third kappa shape index (κ3) is 4.53. The lowest BCUT2D eigenvalue weighted by atomic mass is 10.0. The van der Waals surface area contributed by atoms with Crippen LogP contribution in [-0.2, 0) is 28.1 Å². The largest absolute Gasteiger partial charge is 0.462 e. The molecule has 0 bridgehead atoms. The maximum Gasteiger partial charge on any atom is 0.434 e. The van der Waals surface area contributed by atoms with Gasteiger partial charge >= 0.3 is 12.1 Å². The SMILES string of the molecule is CCOC(=O)c1c(C(F)(F)F)nc(C(F)F)c(S(=O)C(C)C)c1CC. The van der Waals surface area contributed by atoms with E-state index < -0.39 is 56.5 Å². The van der Waals surface area contributed by atoms with Crippen LogP contribution >= 0.6 is 0 Å². The molecule has 1 rings (SSSR count). The van der Waals surface area contributed by atoms with Crippen LogP contribution in [0.4, 0.5) is 22.0 Å². The molecule has 0 aliphatic heterocycles. The van der Waals surface area contributed by atoms with E-state index in [1.54, 1.807) is 0 Å². The summed E-state index contributed by atoms with van der Waals surface area (Å²) in [5.74, 6) is -1.33. The molecule has 4 nitrogen and oxygen atoms in total. The lowest BCUT2D eigenvalue weighted by Crippen LogP contribution is -2.24. The molecule has 0 saturated heterocycles. The number of esters is 1. The van der Waals surface area contributed by atoms with Gasteiger partial charge in [0.2, 0.25) is 0 Å². The third-order valence-electron chi connectivity index (χ3n) is 3.22. The highest BCUT2D eigenvalue weighted by molar-refractivity contribution is 7.85. The van der Waals surface area contributed by atoms with Crippen LogP contribution < -0.4 is 0 Å². The van der Waals surface area contributed by atoms with Crippen molar-refractivity contribution in [3.05, 3.63) is 22.5 Å². The Balaban J connectivity index is 3.99. The van der Waals surface area contributed by atoms with Gasteiger partial charge in [0.15, 0.2) is 5.69 Å². The lowest BCUT2D eigenvalue weighted by molar-refractivity contribution is -0.142. The van der Waals surface area contributed by atoms with E-state index in [0.717, 1.165) is 0 Å². The summed E-state index contributed by atoms with van der Waals surface area (Å²) in [6.45, 7) is 5.50. The first kappa shape index (κ1) is 21.5. The van der Waals surface area contributed by atoms with Crippen molar-refractivity contribution in [1.29, 1.82) is 0 Å². The Morgan fingerprint density at radius 1 is 1.24 bits per heavy atom. The van der Waals surface area contributed by atoms with Gasteiger partial charge in [0.05, 0.1) is 27.9 Å². The van der Waals surface area contributed by atoms with Gasteiger partial charge in [0.25, 0.3) is 6.43 Å². The molecule has 0 aromatic carbocycles. The molecule has 0 aliphatic carbocycles. The Morgan fingerprint density at radius 2 is 1.80 bits per heavy atom. The molecular formula is C15H18F5NO3S. The van der Waals surface area contributed by atoms with E-state index in [4.69, 9.17) is 0 Å². The summed E-state index contributed by atoms with van der Waals surface area (Å²) in [6.07, 6.45) is -8.74. The molecule has 0 radical (unpaired) electrons. The smallest absolute Gasteiger partial charge is 0.434 e. The number of hydrogen-bond acceptors (Lipinski definition) is 4. The van der Waals surface area contributed by atoms with Crippen molar-refractivity contribution in [3.63, 3.8) is 0 Å². The average Bonchev–Trinajstić information content (AvgIpc) is 2.50. The van der Waals surface area contributed by atoms with Crippen molar-refractivity contribution >= 4 is 16.8 Å². The van der Waals surface area contributed by atoms with Crippen LogP contribution in [0.15, 0.2) is 4.90 Å². The number of carbonyl (C=O) groups excluding carboxylic acids is 1. The number of ether oxygens (including phenoxy) is 1. The van der Waals surface area contributed by atoms with E-state index in [-0.39, 0.29) is 18.6 Å². The van der Waals surface area contributed by atoms with Crippen LogP contribution in [-0.4, -0.2) is 27.0 Å². The number of halogens is 5. The molecule has 0 fully saturated rings. The number of aromatic nitrogens is 1. The molecule has 0 N–H and O–H groups in total. The summed E-state index contributed by atoms with van der Waals surface area (Å²) in [6, 6.07) is 0. The molecule has 0 spiro atoms. The van der Waals surface area contributed by atoms with Crippen LogP contribution in [0.1, 0.15) is 61.4 Å². The zero-order valence-electron chi connectivity index (χ0n) is 14.0. The van der Waals surface area contributed by atoms with Gasteiger partial charge in [-0.1, -0.05) is 20.8 Å². The minimum atomic E-state index is -5.15. The van der Waals surface area contributed by atoms with Crippen molar-refractivity contribution in [2.75, 3.05) is 6.61 Å². The van der Waals surface area contributed by atoms with Crippen LogP contribution in [0.2, 0.25) is 0 Å². The molecule has 0 aliphatic rings. The fourth-order valence-corrected chi connectivity index (χ4v) is 3.51. The first-order valence-electron chi connectivity index (χ1n) is 7.47. The summed E-state index contributed by atoms with van der Waals surface area (Å²) in [5, 5.41) is -0.656.